The minimum Gasteiger partial charge on any atom is -0.476 e. The predicted molar refractivity (Wildman–Crippen MR) is 57.1 cm³/mol. The van der Waals surface area contributed by atoms with Crippen molar-refractivity contribution in [2.24, 2.45) is 5.92 Å². The van der Waals surface area contributed by atoms with E-state index in [1.807, 2.05) is 0 Å². The normalized spacial score (nSPS) is 15.6. The molecular weight excluding hydrogens is 208 g/mol. The quantitative estimate of drug-likeness (QED) is 0.795. The molecule has 5 nitrogen and oxygen atoms in total. The zero-order valence-corrected chi connectivity index (χ0v) is 9.35. The van der Waals surface area contributed by atoms with Gasteiger partial charge < -0.3 is 9.63 Å². The highest BCUT2D eigenvalue weighted by molar-refractivity contribution is 5.85. The molecule has 0 aliphatic heterocycles. The molecule has 0 saturated heterocycles. The van der Waals surface area contributed by atoms with E-state index in [-0.39, 0.29) is 5.69 Å². The van der Waals surface area contributed by atoms with Crippen molar-refractivity contribution in [2.75, 3.05) is 13.1 Å². The lowest BCUT2D eigenvalue weighted by Crippen LogP contribution is -2.24. The Morgan fingerprint density at radius 2 is 2.44 bits per heavy atom. The van der Waals surface area contributed by atoms with E-state index in [2.05, 4.69) is 17.0 Å². The highest BCUT2D eigenvalue weighted by Crippen LogP contribution is 2.30. The van der Waals surface area contributed by atoms with Crippen LogP contribution in [0, 0.1) is 5.92 Å². The van der Waals surface area contributed by atoms with Gasteiger partial charge in [0.15, 0.2) is 11.5 Å². The lowest BCUT2D eigenvalue weighted by Gasteiger charge is -2.17. The molecule has 0 amide bonds. The van der Waals surface area contributed by atoms with Crippen molar-refractivity contribution in [3.63, 3.8) is 0 Å². The van der Waals surface area contributed by atoms with Gasteiger partial charge in [-0.25, -0.2) is 4.79 Å². The maximum Gasteiger partial charge on any atom is 0.358 e. The second-order valence-electron chi connectivity index (χ2n) is 4.25. The first-order valence-corrected chi connectivity index (χ1v) is 5.60. The van der Waals surface area contributed by atoms with Crippen LogP contribution in [0.2, 0.25) is 0 Å². The van der Waals surface area contributed by atoms with E-state index in [1.54, 1.807) is 0 Å². The first kappa shape index (κ1) is 11.1. The largest absolute Gasteiger partial charge is 0.476 e. The number of carboxylic acid groups (broad SMARTS) is 1. The smallest absolute Gasteiger partial charge is 0.358 e. The van der Waals surface area contributed by atoms with E-state index in [1.165, 1.54) is 18.9 Å². The lowest BCUT2D eigenvalue weighted by molar-refractivity contribution is 0.0685. The highest BCUT2D eigenvalue weighted by atomic mass is 16.5. The summed E-state index contributed by atoms with van der Waals surface area (Å²) in [6.45, 7) is 4.75. The van der Waals surface area contributed by atoms with E-state index >= 15 is 0 Å². The van der Waals surface area contributed by atoms with E-state index in [9.17, 15) is 4.79 Å². The second-order valence-corrected chi connectivity index (χ2v) is 4.25. The third-order valence-corrected chi connectivity index (χ3v) is 2.82. The van der Waals surface area contributed by atoms with Crippen LogP contribution in [0.4, 0.5) is 0 Å². The summed E-state index contributed by atoms with van der Waals surface area (Å²) in [7, 11) is 0. The number of hydrogen-bond acceptors (Lipinski definition) is 4. The molecule has 1 aromatic heterocycles. The number of rotatable bonds is 6. The van der Waals surface area contributed by atoms with Gasteiger partial charge in [0, 0.05) is 12.6 Å². The van der Waals surface area contributed by atoms with Gasteiger partial charge in [0.2, 0.25) is 0 Å². The van der Waals surface area contributed by atoms with Gasteiger partial charge in [-0.3, -0.25) is 4.90 Å². The molecule has 2 rings (SSSR count). The van der Waals surface area contributed by atoms with Crippen LogP contribution in [-0.2, 0) is 6.54 Å². The van der Waals surface area contributed by atoms with Gasteiger partial charge in [-0.15, -0.1) is 0 Å². The van der Waals surface area contributed by atoms with Crippen molar-refractivity contribution >= 4 is 5.97 Å². The van der Waals surface area contributed by atoms with Crippen molar-refractivity contribution in [1.82, 2.24) is 10.1 Å². The second kappa shape index (κ2) is 4.65. The first-order valence-electron chi connectivity index (χ1n) is 5.60. The van der Waals surface area contributed by atoms with E-state index in [0.717, 1.165) is 19.0 Å². The summed E-state index contributed by atoms with van der Waals surface area (Å²) in [6.07, 6.45) is 2.63. The van der Waals surface area contributed by atoms with Gasteiger partial charge in [0.25, 0.3) is 0 Å². The van der Waals surface area contributed by atoms with Crippen molar-refractivity contribution in [3.8, 4) is 0 Å². The van der Waals surface area contributed by atoms with E-state index in [4.69, 9.17) is 9.63 Å². The van der Waals surface area contributed by atoms with Crippen LogP contribution in [-0.4, -0.2) is 34.2 Å². The number of nitrogens with zero attached hydrogens (tertiary/aromatic N) is 2. The Hall–Kier alpha value is -1.36. The molecule has 1 aromatic rings. The van der Waals surface area contributed by atoms with Crippen molar-refractivity contribution < 1.29 is 14.4 Å². The molecular formula is C11H16N2O3. The van der Waals surface area contributed by atoms with Gasteiger partial charge in [-0.1, -0.05) is 12.1 Å². The Morgan fingerprint density at radius 3 is 2.94 bits per heavy atom. The molecule has 0 spiro atoms. The lowest BCUT2D eigenvalue weighted by atomic mass is 10.3. The number of carboxylic acids is 1. The molecule has 16 heavy (non-hydrogen) atoms. The summed E-state index contributed by atoms with van der Waals surface area (Å²) in [5, 5.41) is 12.2. The predicted octanol–water partition coefficient (Wildman–Crippen LogP) is 1.60. The summed E-state index contributed by atoms with van der Waals surface area (Å²) in [5.74, 6) is 0.405. The van der Waals surface area contributed by atoms with Crippen LogP contribution in [0.1, 0.15) is 36.0 Å². The minimum absolute atomic E-state index is 0.0162. The number of carbonyl (C=O) groups is 1. The fourth-order valence-corrected chi connectivity index (χ4v) is 1.68. The summed E-state index contributed by atoms with van der Waals surface area (Å²) in [6, 6.07) is 1.50. The Bertz CT molecular complexity index is 371. The Kier molecular flexibility index (Phi) is 3.24. The zero-order chi connectivity index (χ0) is 11.5. The van der Waals surface area contributed by atoms with Gasteiger partial charge in [0.1, 0.15) is 0 Å². The van der Waals surface area contributed by atoms with Crippen LogP contribution in [0.15, 0.2) is 10.6 Å². The van der Waals surface area contributed by atoms with Crippen molar-refractivity contribution in [1.29, 1.82) is 0 Å². The molecule has 0 aromatic carbocycles. The molecule has 0 unspecified atom stereocenters. The molecule has 1 aliphatic carbocycles. The summed E-state index contributed by atoms with van der Waals surface area (Å²) >= 11 is 0. The average molecular weight is 224 g/mol. The van der Waals surface area contributed by atoms with E-state index < -0.39 is 5.97 Å². The molecule has 1 heterocycles. The third-order valence-electron chi connectivity index (χ3n) is 2.82. The fraction of sp³-hybridized carbons (Fsp3) is 0.636. The van der Waals surface area contributed by atoms with Crippen LogP contribution >= 0.6 is 0 Å². The molecule has 1 aliphatic rings. The summed E-state index contributed by atoms with van der Waals surface area (Å²) in [5.41, 5.74) is -0.0162. The molecule has 88 valence electrons. The van der Waals surface area contributed by atoms with Crippen molar-refractivity contribution in [2.45, 2.75) is 26.3 Å². The standard InChI is InChI=1S/C11H16N2O3/c1-2-13(6-8-3-4-8)7-9-5-10(11(14)15)12-16-9/h5,8H,2-4,6-7H2,1H3,(H,14,15). The van der Waals surface area contributed by atoms with E-state index in [0.29, 0.717) is 12.3 Å². The first-order chi connectivity index (χ1) is 7.69. The SMILES string of the molecule is CCN(Cc1cc(C(=O)O)no1)CC1CC1. The van der Waals surface area contributed by atoms with Gasteiger partial charge in [0.05, 0.1) is 6.54 Å². The molecule has 1 fully saturated rings. The minimum atomic E-state index is -1.04. The van der Waals surface area contributed by atoms with Gasteiger partial charge >= 0.3 is 5.97 Å². The van der Waals surface area contributed by atoms with Gasteiger partial charge in [-0.2, -0.15) is 0 Å². The van der Waals surface area contributed by atoms with Crippen LogP contribution < -0.4 is 0 Å². The monoisotopic (exact) mass is 224 g/mol. The molecule has 0 bridgehead atoms. The Morgan fingerprint density at radius 1 is 1.69 bits per heavy atom. The fourth-order valence-electron chi connectivity index (χ4n) is 1.68. The maximum atomic E-state index is 10.6. The average Bonchev–Trinajstić information content (AvgIpc) is 2.93. The Balaban J connectivity index is 1.92. The number of hydrogen-bond donors (Lipinski definition) is 1. The molecule has 0 atom stereocenters. The summed E-state index contributed by atoms with van der Waals surface area (Å²) in [4.78, 5) is 12.9. The van der Waals surface area contributed by atoms with Crippen LogP contribution in [0.5, 0.6) is 0 Å². The highest BCUT2D eigenvalue weighted by Gasteiger charge is 2.24. The van der Waals surface area contributed by atoms with Crippen molar-refractivity contribution in [3.05, 3.63) is 17.5 Å². The maximum absolute atomic E-state index is 10.6. The Labute approximate surface area is 94.0 Å². The number of aromatic nitrogens is 1. The zero-order valence-electron chi connectivity index (χ0n) is 9.35. The van der Waals surface area contributed by atoms with Crippen LogP contribution in [0.25, 0.3) is 0 Å². The molecule has 1 N–H and O–H groups in total. The van der Waals surface area contributed by atoms with Crippen LogP contribution in [0.3, 0.4) is 0 Å². The summed E-state index contributed by atoms with van der Waals surface area (Å²) < 4.78 is 4.99. The number of aromatic carboxylic acids is 1. The molecule has 5 heteroatoms. The molecule has 1 saturated carbocycles. The molecule has 0 radical (unpaired) electrons. The van der Waals surface area contributed by atoms with Gasteiger partial charge in [-0.05, 0) is 25.3 Å². The topological polar surface area (TPSA) is 66.6 Å². The third kappa shape index (κ3) is 2.82.